The van der Waals surface area contributed by atoms with Crippen LogP contribution in [0, 0.1) is 6.92 Å². The Morgan fingerprint density at radius 1 is 0.973 bits per heavy atom. The number of carbonyl (C=O) groups excluding carboxylic acids is 2. The summed E-state index contributed by atoms with van der Waals surface area (Å²) in [6.45, 7) is 3.15. The van der Waals surface area contributed by atoms with E-state index in [1.54, 1.807) is 55.5 Å². The Morgan fingerprint density at radius 2 is 1.62 bits per heavy atom. The van der Waals surface area contributed by atoms with Crippen molar-refractivity contribution in [2.24, 2.45) is 5.10 Å². The zero-order chi connectivity index (χ0) is 26.8. The number of carbonyl (C=O) groups is 2. The van der Waals surface area contributed by atoms with Gasteiger partial charge in [0.25, 0.3) is 11.8 Å². The normalized spacial score (nSPS) is 12.1. The highest BCUT2D eigenvalue weighted by molar-refractivity contribution is 7.92. The maximum atomic E-state index is 12.4. The summed E-state index contributed by atoms with van der Waals surface area (Å²) in [5, 5.41) is 6.79. The second-order valence-electron chi connectivity index (χ2n) is 8.41. The van der Waals surface area contributed by atoms with E-state index in [4.69, 9.17) is 4.74 Å². The summed E-state index contributed by atoms with van der Waals surface area (Å²) >= 11 is 0. The number of aryl methyl sites for hydroxylation is 1. The molecule has 37 heavy (non-hydrogen) atoms. The standard InChI is InChI=1S/C27H30N4O5S/c1-20-9-7-8-12-25(20)31(37(3,34)35)18-26(32)30-28-17-22-13-15-24(16-14-22)36-19-27(33)29-21(2)23-10-5-4-6-11-23/h4-17,21H,18-19H2,1-3H3,(H,29,33)(H,30,32)/b28-17-/t21-/m1/s1. The molecule has 2 N–H and O–H groups in total. The van der Waals surface area contributed by atoms with E-state index in [1.165, 1.54) is 6.21 Å². The Balaban J connectivity index is 1.48. The van der Waals surface area contributed by atoms with Gasteiger partial charge in [0.2, 0.25) is 10.0 Å². The summed E-state index contributed by atoms with van der Waals surface area (Å²) in [6, 6.07) is 23.2. The van der Waals surface area contributed by atoms with E-state index in [-0.39, 0.29) is 18.6 Å². The molecule has 1 atom stereocenters. The third kappa shape index (κ3) is 8.46. The van der Waals surface area contributed by atoms with Gasteiger partial charge in [0.15, 0.2) is 6.61 Å². The molecule has 0 aliphatic heterocycles. The third-order valence-electron chi connectivity index (χ3n) is 5.40. The van der Waals surface area contributed by atoms with E-state index in [0.29, 0.717) is 17.0 Å². The number of hydrogen-bond donors (Lipinski definition) is 2. The van der Waals surface area contributed by atoms with Crippen LogP contribution < -0.4 is 19.8 Å². The van der Waals surface area contributed by atoms with E-state index in [9.17, 15) is 18.0 Å². The van der Waals surface area contributed by atoms with Crippen LogP contribution >= 0.6 is 0 Å². The van der Waals surface area contributed by atoms with Crippen molar-refractivity contribution in [3.63, 3.8) is 0 Å². The number of anilines is 1. The third-order valence-corrected chi connectivity index (χ3v) is 6.53. The molecule has 0 aliphatic rings. The maximum Gasteiger partial charge on any atom is 0.260 e. The van der Waals surface area contributed by atoms with Gasteiger partial charge in [0, 0.05) is 0 Å². The van der Waals surface area contributed by atoms with Gasteiger partial charge in [-0.15, -0.1) is 0 Å². The van der Waals surface area contributed by atoms with Crippen LogP contribution in [0.4, 0.5) is 5.69 Å². The SMILES string of the molecule is Cc1ccccc1N(CC(=O)N/N=C\c1ccc(OCC(=O)N[C@H](C)c2ccccc2)cc1)S(C)(=O)=O. The lowest BCUT2D eigenvalue weighted by atomic mass is 10.1. The number of para-hydroxylation sites is 1. The molecule has 3 rings (SSSR count). The largest absolute Gasteiger partial charge is 0.484 e. The fraction of sp³-hybridized carbons (Fsp3) is 0.222. The van der Waals surface area contributed by atoms with Crippen LogP contribution in [0.15, 0.2) is 84.0 Å². The van der Waals surface area contributed by atoms with Gasteiger partial charge in [-0.2, -0.15) is 5.10 Å². The Bertz CT molecular complexity index is 1340. The monoisotopic (exact) mass is 522 g/mol. The van der Waals surface area contributed by atoms with Crippen molar-refractivity contribution >= 4 is 33.7 Å². The average molecular weight is 523 g/mol. The zero-order valence-electron chi connectivity index (χ0n) is 20.9. The molecule has 0 heterocycles. The first kappa shape index (κ1) is 27.4. The van der Waals surface area contributed by atoms with Crippen LogP contribution in [-0.4, -0.2) is 45.9 Å². The van der Waals surface area contributed by atoms with Gasteiger partial charge in [-0.1, -0.05) is 48.5 Å². The smallest absolute Gasteiger partial charge is 0.260 e. The number of hydrazone groups is 1. The fourth-order valence-electron chi connectivity index (χ4n) is 3.48. The minimum Gasteiger partial charge on any atom is -0.484 e. The number of amides is 2. The highest BCUT2D eigenvalue weighted by Crippen LogP contribution is 2.21. The minimum absolute atomic E-state index is 0.127. The van der Waals surface area contributed by atoms with Crippen molar-refractivity contribution in [2.45, 2.75) is 19.9 Å². The first-order valence-electron chi connectivity index (χ1n) is 11.6. The van der Waals surface area contributed by atoms with Gasteiger partial charge in [0.05, 0.1) is 24.2 Å². The molecule has 0 radical (unpaired) electrons. The van der Waals surface area contributed by atoms with Crippen molar-refractivity contribution in [3.8, 4) is 5.75 Å². The number of ether oxygens (including phenoxy) is 1. The molecule has 3 aromatic carbocycles. The van der Waals surface area contributed by atoms with Gasteiger partial charge in [0.1, 0.15) is 12.3 Å². The van der Waals surface area contributed by atoms with Crippen LogP contribution in [0.2, 0.25) is 0 Å². The summed E-state index contributed by atoms with van der Waals surface area (Å²) in [5.41, 5.74) is 5.19. The molecule has 0 aliphatic carbocycles. The highest BCUT2D eigenvalue weighted by Gasteiger charge is 2.22. The predicted octanol–water partition coefficient (Wildman–Crippen LogP) is 3.17. The second kappa shape index (κ2) is 12.7. The number of nitrogens with zero attached hydrogens (tertiary/aromatic N) is 2. The molecule has 0 saturated carbocycles. The zero-order valence-corrected chi connectivity index (χ0v) is 21.7. The number of nitrogens with one attached hydrogen (secondary N) is 2. The Hall–Kier alpha value is -4.18. The lowest BCUT2D eigenvalue weighted by Crippen LogP contribution is -2.39. The molecule has 9 nitrogen and oxygen atoms in total. The molecule has 0 bridgehead atoms. The summed E-state index contributed by atoms with van der Waals surface area (Å²) < 4.78 is 31.0. The van der Waals surface area contributed by atoms with E-state index >= 15 is 0 Å². The van der Waals surface area contributed by atoms with E-state index in [0.717, 1.165) is 21.7 Å². The van der Waals surface area contributed by atoms with Crippen LogP contribution in [0.1, 0.15) is 29.7 Å². The van der Waals surface area contributed by atoms with Crippen LogP contribution in [0.3, 0.4) is 0 Å². The number of benzene rings is 3. The molecule has 194 valence electrons. The lowest BCUT2D eigenvalue weighted by molar-refractivity contribution is -0.123. The van der Waals surface area contributed by atoms with Gasteiger partial charge >= 0.3 is 0 Å². The van der Waals surface area contributed by atoms with Crippen molar-refractivity contribution in [2.75, 3.05) is 23.7 Å². The van der Waals surface area contributed by atoms with Crippen LogP contribution in [0.5, 0.6) is 5.75 Å². The van der Waals surface area contributed by atoms with Crippen molar-refractivity contribution < 1.29 is 22.7 Å². The topological polar surface area (TPSA) is 117 Å². The lowest BCUT2D eigenvalue weighted by Gasteiger charge is -2.23. The van der Waals surface area contributed by atoms with Crippen LogP contribution in [0.25, 0.3) is 0 Å². The van der Waals surface area contributed by atoms with Gasteiger partial charge in [-0.25, -0.2) is 13.8 Å². The molecule has 2 amide bonds. The molecule has 0 unspecified atom stereocenters. The first-order chi connectivity index (χ1) is 17.6. The van der Waals surface area contributed by atoms with Crippen molar-refractivity contribution in [1.29, 1.82) is 0 Å². The Morgan fingerprint density at radius 3 is 2.27 bits per heavy atom. The first-order valence-corrected chi connectivity index (χ1v) is 13.4. The highest BCUT2D eigenvalue weighted by atomic mass is 32.2. The van der Waals surface area contributed by atoms with Crippen molar-refractivity contribution in [1.82, 2.24) is 10.7 Å². The summed E-state index contributed by atoms with van der Waals surface area (Å²) in [6.07, 6.45) is 2.47. The molecule has 3 aromatic rings. The maximum absolute atomic E-state index is 12.4. The van der Waals surface area contributed by atoms with E-state index in [1.807, 2.05) is 37.3 Å². The van der Waals surface area contributed by atoms with Crippen LogP contribution in [-0.2, 0) is 19.6 Å². The van der Waals surface area contributed by atoms with Gasteiger partial charge in [-0.3, -0.25) is 13.9 Å². The Labute approximate surface area is 217 Å². The number of rotatable bonds is 11. The molecule has 0 saturated heterocycles. The summed E-state index contributed by atoms with van der Waals surface area (Å²) in [5.74, 6) is -0.315. The summed E-state index contributed by atoms with van der Waals surface area (Å²) in [7, 11) is -3.67. The van der Waals surface area contributed by atoms with Gasteiger partial charge < -0.3 is 10.1 Å². The van der Waals surface area contributed by atoms with Gasteiger partial charge in [-0.05, 0) is 60.9 Å². The Kier molecular flexibility index (Phi) is 9.39. The molecule has 10 heteroatoms. The quantitative estimate of drug-likeness (QED) is 0.296. The molecular formula is C27H30N4O5S. The average Bonchev–Trinajstić information content (AvgIpc) is 2.87. The number of hydrogen-bond acceptors (Lipinski definition) is 6. The molecular weight excluding hydrogens is 492 g/mol. The molecule has 0 fully saturated rings. The molecule has 0 aromatic heterocycles. The molecule has 0 spiro atoms. The fourth-order valence-corrected chi connectivity index (χ4v) is 4.39. The van der Waals surface area contributed by atoms with E-state index in [2.05, 4.69) is 15.8 Å². The number of sulfonamides is 1. The summed E-state index contributed by atoms with van der Waals surface area (Å²) in [4.78, 5) is 24.5. The second-order valence-corrected chi connectivity index (χ2v) is 10.3. The minimum atomic E-state index is -3.67. The predicted molar refractivity (Wildman–Crippen MR) is 144 cm³/mol. The van der Waals surface area contributed by atoms with Crippen molar-refractivity contribution in [3.05, 3.63) is 95.6 Å². The van der Waals surface area contributed by atoms with E-state index < -0.39 is 22.5 Å².